The van der Waals surface area contributed by atoms with Crippen LogP contribution < -0.4 is 0 Å². The van der Waals surface area contributed by atoms with Crippen LogP contribution in [0.1, 0.15) is 22.0 Å². The number of aromatic nitrogens is 3. The van der Waals surface area contributed by atoms with Crippen LogP contribution >= 0.6 is 0 Å². The Balaban J connectivity index is 2.48. The Morgan fingerprint density at radius 1 is 1.20 bits per heavy atom. The van der Waals surface area contributed by atoms with Crippen LogP contribution in [0.2, 0.25) is 0 Å². The molecule has 4 nitrogen and oxygen atoms in total. The number of aryl methyl sites for hydroxylation is 2. The van der Waals surface area contributed by atoms with E-state index in [0.717, 1.165) is 5.69 Å². The van der Waals surface area contributed by atoms with E-state index in [1.54, 1.807) is 4.68 Å². The summed E-state index contributed by atoms with van der Waals surface area (Å²) in [5.41, 5.74) is 2.10. The van der Waals surface area contributed by atoms with E-state index in [9.17, 15) is 4.79 Å². The molecule has 15 heavy (non-hydrogen) atoms. The highest BCUT2D eigenvalue weighted by Crippen LogP contribution is 2.10. The fraction of sp³-hybridized carbons (Fsp3) is 0.182. The summed E-state index contributed by atoms with van der Waals surface area (Å²) >= 11 is 0. The van der Waals surface area contributed by atoms with Crippen LogP contribution in [0.3, 0.4) is 0 Å². The highest BCUT2D eigenvalue weighted by molar-refractivity contribution is 5.68. The van der Waals surface area contributed by atoms with Crippen molar-refractivity contribution in [3.05, 3.63) is 41.5 Å². The summed E-state index contributed by atoms with van der Waals surface area (Å²) in [4.78, 5) is 14.5. The van der Waals surface area contributed by atoms with Gasteiger partial charge < -0.3 is 0 Å². The molecule has 0 aliphatic carbocycles. The van der Waals surface area contributed by atoms with Crippen molar-refractivity contribution in [2.75, 3.05) is 0 Å². The third-order valence-electron chi connectivity index (χ3n) is 2.17. The van der Waals surface area contributed by atoms with Crippen LogP contribution in [0.4, 0.5) is 0 Å². The SMILES string of the molecule is Cc1ccc(-n2nc(C=O)nc2C)cc1. The zero-order chi connectivity index (χ0) is 10.8. The van der Waals surface area contributed by atoms with Crippen molar-refractivity contribution in [1.82, 2.24) is 14.8 Å². The average Bonchev–Trinajstić information content (AvgIpc) is 2.61. The van der Waals surface area contributed by atoms with Crippen molar-refractivity contribution >= 4 is 6.29 Å². The second kappa shape index (κ2) is 3.65. The zero-order valence-corrected chi connectivity index (χ0v) is 8.64. The summed E-state index contributed by atoms with van der Waals surface area (Å²) in [6.07, 6.45) is 0.650. The number of nitrogens with zero attached hydrogens (tertiary/aromatic N) is 3. The minimum atomic E-state index is 0.216. The Hall–Kier alpha value is -1.97. The van der Waals surface area contributed by atoms with Crippen molar-refractivity contribution in [2.24, 2.45) is 0 Å². The van der Waals surface area contributed by atoms with Crippen LogP contribution in [-0.4, -0.2) is 21.1 Å². The summed E-state index contributed by atoms with van der Waals surface area (Å²) in [5, 5.41) is 4.07. The first-order chi connectivity index (χ1) is 7.20. The maximum absolute atomic E-state index is 10.5. The molecular weight excluding hydrogens is 190 g/mol. The van der Waals surface area contributed by atoms with Crippen LogP contribution in [0.25, 0.3) is 5.69 Å². The number of hydrogen-bond acceptors (Lipinski definition) is 3. The van der Waals surface area contributed by atoms with Gasteiger partial charge in [-0.05, 0) is 26.0 Å². The molecule has 2 aromatic rings. The summed E-state index contributed by atoms with van der Waals surface area (Å²) in [5.74, 6) is 0.925. The monoisotopic (exact) mass is 201 g/mol. The Bertz CT molecular complexity index is 485. The molecule has 0 aliphatic heterocycles. The van der Waals surface area contributed by atoms with E-state index in [-0.39, 0.29) is 5.82 Å². The van der Waals surface area contributed by atoms with E-state index >= 15 is 0 Å². The van der Waals surface area contributed by atoms with Gasteiger partial charge >= 0.3 is 0 Å². The predicted molar refractivity (Wildman–Crippen MR) is 56.2 cm³/mol. The van der Waals surface area contributed by atoms with Gasteiger partial charge in [-0.25, -0.2) is 9.67 Å². The van der Waals surface area contributed by atoms with Gasteiger partial charge in [-0.15, -0.1) is 5.10 Å². The molecule has 0 fully saturated rings. The van der Waals surface area contributed by atoms with Crippen LogP contribution in [-0.2, 0) is 0 Å². The van der Waals surface area contributed by atoms with Gasteiger partial charge in [0.05, 0.1) is 5.69 Å². The molecule has 1 aromatic heterocycles. The first-order valence-electron chi connectivity index (χ1n) is 4.66. The van der Waals surface area contributed by atoms with Crippen LogP contribution in [0.15, 0.2) is 24.3 Å². The molecule has 0 spiro atoms. The summed E-state index contributed by atoms with van der Waals surface area (Å²) in [7, 11) is 0. The van der Waals surface area contributed by atoms with Crippen molar-refractivity contribution in [3.8, 4) is 5.69 Å². The molecule has 0 bridgehead atoms. The largest absolute Gasteiger partial charge is 0.294 e. The fourth-order valence-corrected chi connectivity index (χ4v) is 1.39. The van der Waals surface area contributed by atoms with Gasteiger partial charge in [0, 0.05) is 0 Å². The van der Waals surface area contributed by atoms with Gasteiger partial charge in [0.2, 0.25) is 5.82 Å². The lowest BCUT2D eigenvalue weighted by Crippen LogP contribution is -1.99. The first-order valence-corrected chi connectivity index (χ1v) is 4.66. The first kappa shape index (κ1) is 9.58. The highest BCUT2D eigenvalue weighted by Gasteiger charge is 2.06. The number of benzene rings is 1. The number of carbonyl (C=O) groups is 1. The molecule has 0 atom stereocenters. The molecule has 76 valence electrons. The molecule has 0 saturated heterocycles. The Morgan fingerprint density at radius 3 is 2.40 bits per heavy atom. The van der Waals surface area contributed by atoms with E-state index < -0.39 is 0 Å². The highest BCUT2D eigenvalue weighted by atomic mass is 16.1. The Kier molecular flexibility index (Phi) is 2.33. The topological polar surface area (TPSA) is 47.8 Å². The van der Waals surface area contributed by atoms with E-state index in [2.05, 4.69) is 10.1 Å². The summed E-state index contributed by atoms with van der Waals surface area (Å²) in [6, 6.07) is 7.89. The fourth-order valence-electron chi connectivity index (χ4n) is 1.39. The van der Waals surface area contributed by atoms with E-state index in [1.807, 2.05) is 38.1 Å². The lowest BCUT2D eigenvalue weighted by molar-refractivity contribution is 0.111. The van der Waals surface area contributed by atoms with Crippen molar-refractivity contribution in [1.29, 1.82) is 0 Å². The average molecular weight is 201 g/mol. The molecule has 4 heteroatoms. The van der Waals surface area contributed by atoms with E-state index in [1.165, 1.54) is 5.56 Å². The number of aldehydes is 1. The van der Waals surface area contributed by atoms with E-state index in [4.69, 9.17) is 0 Å². The molecular formula is C11H11N3O. The predicted octanol–water partition coefficient (Wildman–Crippen LogP) is 1.70. The second-order valence-electron chi connectivity index (χ2n) is 3.38. The standard InChI is InChI=1S/C11H11N3O/c1-8-3-5-10(6-4-8)14-9(2)12-11(7-15)13-14/h3-7H,1-2H3. The zero-order valence-electron chi connectivity index (χ0n) is 8.64. The molecule has 0 N–H and O–H groups in total. The van der Waals surface area contributed by atoms with E-state index in [0.29, 0.717) is 12.1 Å². The maximum Gasteiger partial charge on any atom is 0.214 e. The van der Waals surface area contributed by atoms with Gasteiger partial charge in [0.1, 0.15) is 5.82 Å². The summed E-state index contributed by atoms with van der Waals surface area (Å²) < 4.78 is 1.66. The maximum atomic E-state index is 10.5. The number of hydrogen-bond donors (Lipinski definition) is 0. The van der Waals surface area contributed by atoms with Crippen molar-refractivity contribution < 1.29 is 4.79 Å². The Morgan fingerprint density at radius 2 is 1.87 bits per heavy atom. The van der Waals surface area contributed by atoms with Crippen LogP contribution in [0, 0.1) is 13.8 Å². The molecule has 0 radical (unpaired) electrons. The lowest BCUT2D eigenvalue weighted by atomic mass is 10.2. The van der Waals surface area contributed by atoms with Gasteiger partial charge in [-0.3, -0.25) is 4.79 Å². The molecule has 0 aliphatic rings. The Labute approximate surface area is 87.6 Å². The van der Waals surface area contributed by atoms with Gasteiger partial charge in [0.25, 0.3) is 0 Å². The molecule has 1 aromatic carbocycles. The van der Waals surface area contributed by atoms with Gasteiger partial charge in [-0.1, -0.05) is 17.7 Å². The quantitative estimate of drug-likeness (QED) is 0.695. The molecule has 2 rings (SSSR count). The van der Waals surface area contributed by atoms with Gasteiger partial charge in [0.15, 0.2) is 6.29 Å². The van der Waals surface area contributed by atoms with Gasteiger partial charge in [-0.2, -0.15) is 0 Å². The molecule has 0 unspecified atom stereocenters. The second-order valence-corrected chi connectivity index (χ2v) is 3.38. The number of carbonyl (C=O) groups excluding carboxylic acids is 1. The normalized spacial score (nSPS) is 10.3. The molecule has 1 heterocycles. The van der Waals surface area contributed by atoms with Crippen molar-refractivity contribution in [3.63, 3.8) is 0 Å². The smallest absolute Gasteiger partial charge is 0.214 e. The molecule has 0 amide bonds. The number of rotatable bonds is 2. The third-order valence-corrected chi connectivity index (χ3v) is 2.17. The van der Waals surface area contributed by atoms with Crippen molar-refractivity contribution in [2.45, 2.75) is 13.8 Å². The summed E-state index contributed by atoms with van der Waals surface area (Å²) in [6.45, 7) is 3.84. The minimum absolute atomic E-state index is 0.216. The lowest BCUT2D eigenvalue weighted by Gasteiger charge is -2.02. The van der Waals surface area contributed by atoms with Crippen LogP contribution in [0.5, 0.6) is 0 Å². The minimum Gasteiger partial charge on any atom is -0.294 e. The molecule has 0 saturated carbocycles. The third kappa shape index (κ3) is 1.79.